The minimum absolute atomic E-state index is 0.382. The second kappa shape index (κ2) is 6.14. The summed E-state index contributed by atoms with van der Waals surface area (Å²) < 4.78 is 0. The molecule has 0 amide bonds. The molecule has 0 aliphatic carbocycles. The van der Waals surface area contributed by atoms with E-state index in [1.54, 1.807) is 0 Å². The molecule has 0 saturated heterocycles. The number of rotatable bonds is 3. The van der Waals surface area contributed by atoms with Crippen LogP contribution in [0.4, 0.5) is 0 Å². The number of fused-ring (bicyclic) bond motifs is 3. The third kappa shape index (κ3) is 2.40. The van der Waals surface area contributed by atoms with E-state index in [-0.39, 0.29) is 0 Å². The topological polar surface area (TPSA) is 42.8 Å². The fourth-order valence-electron chi connectivity index (χ4n) is 4.01. The molecule has 2 heterocycles. The number of para-hydroxylation sites is 1. The third-order valence-electron chi connectivity index (χ3n) is 5.17. The van der Waals surface area contributed by atoms with E-state index in [4.69, 9.17) is 0 Å². The van der Waals surface area contributed by atoms with Gasteiger partial charge in [-0.05, 0) is 36.1 Å². The van der Waals surface area contributed by atoms with Crippen molar-refractivity contribution in [1.29, 1.82) is 5.26 Å². The molecule has 0 spiro atoms. The Balaban J connectivity index is 1.70. The van der Waals surface area contributed by atoms with Gasteiger partial charge in [0.2, 0.25) is 0 Å². The molecule has 3 nitrogen and oxygen atoms in total. The van der Waals surface area contributed by atoms with E-state index in [1.165, 1.54) is 22.2 Å². The summed E-state index contributed by atoms with van der Waals surface area (Å²) >= 11 is 0. The predicted molar refractivity (Wildman–Crippen MR) is 96.6 cm³/mol. The fourth-order valence-corrected chi connectivity index (χ4v) is 4.01. The molecule has 24 heavy (non-hydrogen) atoms. The number of nitrogens with one attached hydrogen (secondary N) is 1. The number of aromatic amines is 1. The van der Waals surface area contributed by atoms with Crippen molar-refractivity contribution in [3.05, 3.63) is 70.9 Å². The Morgan fingerprint density at radius 2 is 1.96 bits per heavy atom. The van der Waals surface area contributed by atoms with E-state index < -0.39 is 0 Å². The first-order chi connectivity index (χ1) is 11.8. The molecule has 2 aromatic carbocycles. The van der Waals surface area contributed by atoms with Crippen molar-refractivity contribution in [2.45, 2.75) is 32.4 Å². The third-order valence-corrected chi connectivity index (χ3v) is 5.17. The first kappa shape index (κ1) is 15.0. The second-order valence-electron chi connectivity index (χ2n) is 6.48. The quantitative estimate of drug-likeness (QED) is 0.770. The summed E-state index contributed by atoms with van der Waals surface area (Å²) in [5, 5.41) is 10.7. The maximum Gasteiger partial charge on any atom is 0.0995 e. The van der Waals surface area contributed by atoms with Gasteiger partial charge in [0.1, 0.15) is 0 Å². The highest BCUT2D eigenvalue weighted by Gasteiger charge is 2.29. The van der Waals surface area contributed by atoms with E-state index in [0.717, 1.165) is 37.1 Å². The lowest BCUT2D eigenvalue weighted by Gasteiger charge is -2.35. The minimum Gasteiger partial charge on any atom is -0.357 e. The Morgan fingerprint density at radius 1 is 1.17 bits per heavy atom. The lowest BCUT2D eigenvalue weighted by molar-refractivity contribution is 0.168. The summed E-state index contributed by atoms with van der Waals surface area (Å²) in [5.74, 6) is 0. The van der Waals surface area contributed by atoms with Crippen molar-refractivity contribution < 1.29 is 0 Å². The molecule has 1 atom stereocenters. The summed E-state index contributed by atoms with van der Waals surface area (Å²) in [4.78, 5) is 6.16. The smallest absolute Gasteiger partial charge is 0.0995 e. The molecular formula is C21H21N3. The van der Waals surface area contributed by atoms with Crippen molar-refractivity contribution >= 4 is 10.9 Å². The summed E-state index contributed by atoms with van der Waals surface area (Å²) in [5.41, 5.74) is 5.98. The number of H-pyrrole nitrogens is 1. The van der Waals surface area contributed by atoms with Gasteiger partial charge in [0.25, 0.3) is 0 Å². The van der Waals surface area contributed by atoms with Crippen LogP contribution in [0, 0.1) is 11.3 Å². The van der Waals surface area contributed by atoms with Gasteiger partial charge >= 0.3 is 0 Å². The SMILES string of the molecule is CCC1c2[nH]c3ccccc3c2CCN1Cc1ccccc1C#N. The van der Waals surface area contributed by atoms with Crippen LogP contribution < -0.4 is 0 Å². The predicted octanol–water partition coefficient (Wildman–Crippen LogP) is 4.55. The molecule has 1 N–H and O–H groups in total. The average molecular weight is 315 g/mol. The molecule has 3 heteroatoms. The Bertz CT molecular complexity index is 916. The lowest BCUT2D eigenvalue weighted by atomic mass is 9.95. The van der Waals surface area contributed by atoms with Crippen LogP contribution in [0.3, 0.4) is 0 Å². The maximum atomic E-state index is 9.35. The minimum atomic E-state index is 0.382. The summed E-state index contributed by atoms with van der Waals surface area (Å²) in [7, 11) is 0. The zero-order valence-electron chi connectivity index (χ0n) is 13.9. The second-order valence-corrected chi connectivity index (χ2v) is 6.48. The van der Waals surface area contributed by atoms with E-state index in [2.05, 4.69) is 53.2 Å². The number of hydrogen-bond donors (Lipinski definition) is 1. The molecule has 3 aromatic rings. The highest BCUT2D eigenvalue weighted by atomic mass is 15.2. The van der Waals surface area contributed by atoms with E-state index in [1.807, 2.05) is 18.2 Å². The van der Waals surface area contributed by atoms with E-state index in [9.17, 15) is 5.26 Å². The van der Waals surface area contributed by atoms with E-state index >= 15 is 0 Å². The highest BCUT2D eigenvalue weighted by molar-refractivity contribution is 5.85. The highest BCUT2D eigenvalue weighted by Crippen LogP contribution is 2.37. The molecule has 0 bridgehead atoms. The molecule has 1 unspecified atom stereocenters. The van der Waals surface area contributed by atoms with Crippen LogP contribution in [0.25, 0.3) is 10.9 Å². The normalized spacial score (nSPS) is 17.6. The Morgan fingerprint density at radius 3 is 2.79 bits per heavy atom. The monoisotopic (exact) mass is 315 g/mol. The van der Waals surface area contributed by atoms with Gasteiger partial charge in [0, 0.05) is 29.7 Å². The zero-order valence-corrected chi connectivity index (χ0v) is 13.9. The van der Waals surface area contributed by atoms with Crippen LogP contribution in [0.2, 0.25) is 0 Å². The molecule has 1 aliphatic rings. The standard InChI is InChI=1S/C21H21N3/c1-2-20-21-18(17-9-5-6-10-19(17)23-21)11-12-24(20)14-16-8-4-3-7-15(16)13-22/h3-10,20,23H,2,11-12,14H2,1H3. The molecule has 0 saturated carbocycles. The van der Waals surface area contributed by atoms with Gasteiger partial charge < -0.3 is 4.98 Å². The zero-order chi connectivity index (χ0) is 16.5. The van der Waals surface area contributed by atoms with Crippen molar-refractivity contribution in [1.82, 2.24) is 9.88 Å². The van der Waals surface area contributed by atoms with E-state index in [0.29, 0.717) is 6.04 Å². The molecule has 0 radical (unpaired) electrons. The lowest BCUT2D eigenvalue weighted by Crippen LogP contribution is -2.34. The van der Waals surface area contributed by atoms with Crippen LogP contribution in [0.1, 0.15) is 41.8 Å². The number of nitrogens with zero attached hydrogens (tertiary/aromatic N) is 2. The maximum absolute atomic E-state index is 9.35. The van der Waals surface area contributed by atoms with Gasteiger partial charge in [-0.2, -0.15) is 5.26 Å². The summed E-state index contributed by atoms with van der Waals surface area (Å²) in [6.45, 7) is 4.11. The molecule has 1 aliphatic heterocycles. The average Bonchev–Trinajstić information content (AvgIpc) is 3.00. The van der Waals surface area contributed by atoms with Gasteiger partial charge in [-0.1, -0.05) is 43.3 Å². The number of benzene rings is 2. The van der Waals surface area contributed by atoms with Crippen LogP contribution in [0.15, 0.2) is 48.5 Å². The largest absolute Gasteiger partial charge is 0.357 e. The molecule has 120 valence electrons. The molecule has 4 rings (SSSR count). The van der Waals surface area contributed by atoms with Gasteiger partial charge in [0.05, 0.1) is 17.7 Å². The number of nitriles is 1. The Hall–Kier alpha value is -2.57. The van der Waals surface area contributed by atoms with Crippen LogP contribution in [-0.4, -0.2) is 16.4 Å². The van der Waals surface area contributed by atoms with Crippen molar-refractivity contribution in [3.8, 4) is 6.07 Å². The van der Waals surface area contributed by atoms with Gasteiger partial charge in [-0.15, -0.1) is 0 Å². The van der Waals surface area contributed by atoms with Gasteiger partial charge in [-0.3, -0.25) is 4.90 Å². The molecule has 1 aromatic heterocycles. The fraction of sp³-hybridized carbons (Fsp3) is 0.286. The number of hydrogen-bond acceptors (Lipinski definition) is 2. The van der Waals surface area contributed by atoms with Crippen molar-refractivity contribution in [3.63, 3.8) is 0 Å². The van der Waals surface area contributed by atoms with Gasteiger partial charge in [0.15, 0.2) is 0 Å². The molecular weight excluding hydrogens is 294 g/mol. The van der Waals surface area contributed by atoms with Crippen molar-refractivity contribution in [2.75, 3.05) is 6.54 Å². The van der Waals surface area contributed by atoms with Gasteiger partial charge in [-0.25, -0.2) is 0 Å². The Labute approximate surface area is 142 Å². The summed E-state index contributed by atoms with van der Waals surface area (Å²) in [6.07, 6.45) is 2.12. The summed E-state index contributed by atoms with van der Waals surface area (Å²) in [6, 6.07) is 19.2. The Kier molecular flexibility index (Phi) is 3.84. The van der Waals surface area contributed by atoms with Crippen LogP contribution in [-0.2, 0) is 13.0 Å². The van der Waals surface area contributed by atoms with Crippen molar-refractivity contribution in [2.24, 2.45) is 0 Å². The number of aromatic nitrogens is 1. The molecule has 0 fully saturated rings. The van der Waals surface area contributed by atoms with Crippen LogP contribution in [0.5, 0.6) is 0 Å². The first-order valence-electron chi connectivity index (χ1n) is 8.63. The van der Waals surface area contributed by atoms with Crippen LogP contribution >= 0.6 is 0 Å². The first-order valence-corrected chi connectivity index (χ1v) is 8.63.